The maximum Gasteiger partial charge on any atom is 0.252 e. The van der Waals surface area contributed by atoms with Crippen LogP contribution in [0.15, 0.2) is 370 Å². The largest absolute Gasteiger partial charge is 0.309 e. The summed E-state index contributed by atoms with van der Waals surface area (Å²) in [5.74, 6) is 0. The first kappa shape index (κ1) is 61.3. The number of fused-ring (bicyclic) bond motifs is 13. The molecule has 19 aromatic rings. The molecule has 0 bridgehead atoms. The molecule has 0 unspecified atom stereocenters. The highest BCUT2D eigenvalue weighted by molar-refractivity contribution is 7.00. The van der Waals surface area contributed by atoms with Crippen molar-refractivity contribution in [3.63, 3.8) is 0 Å². The lowest BCUT2D eigenvalue weighted by Gasteiger charge is -2.45. The third-order valence-corrected chi connectivity index (χ3v) is 22.5. The summed E-state index contributed by atoms with van der Waals surface area (Å²) < 4.78 is 7.60. The smallest absolute Gasteiger partial charge is 0.252 e. The minimum Gasteiger partial charge on any atom is -0.309 e. The van der Waals surface area contributed by atoms with Crippen LogP contribution in [0.2, 0.25) is 0 Å². The summed E-state index contributed by atoms with van der Waals surface area (Å²) in [6.07, 6.45) is 0. The molecule has 2 aliphatic rings. The van der Waals surface area contributed by atoms with Crippen LogP contribution in [0.1, 0.15) is 26.3 Å². The van der Waals surface area contributed by atoms with Gasteiger partial charge in [-0.2, -0.15) is 0 Å². The van der Waals surface area contributed by atoms with Gasteiger partial charge in [0.1, 0.15) is 0 Å². The van der Waals surface area contributed by atoms with Crippen LogP contribution >= 0.6 is 0 Å². The molecule has 6 heteroatoms. The van der Waals surface area contributed by atoms with Gasteiger partial charge in [0, 0.05) is 72.1 Å². The third-order valence-electron chi connectivity index (χ3n) is 22.5. The van der Waals surface area contributed by atoms with Crippen molar-refractivity contribution in [3.05, 3.63) is 376 Å². The van der Waals surface area contributed by atoms with E-state index in [2.05, 4.69) is 414 Å². The Morgan fingerprint density at radius 3 is 0.972 bits per heavy atom. The van der Waals surface area contributed by atoms with Crippen LogP contribution in [-0.2, 0) is 5.41 Å². The molecule has 0 spiro atoms. The van der Waals surface area contributed by atoms with E-state index in [0.717, 1.165) is 118 Å². The van der Waals surface area contributed by atoms with Crippen LogP contribution in [-0.4, -0.2) is 20.4 Å². The zero-order valence-electron chi connectivity index (χ0n) is 59.0. The Hall–Kier alpha value is -13.4. The summed E-state index contributed by atoms with van der Waals surface area (Å²) in [5, 5.41) is 7.15. The van der Waals surface area contributed by atoms with Gasteiger partial charge in [0.25, 0.3) is 6.71 Å². The van der Waals surface area contributed by atoms with Gasteiger partial charge in [-0.15, -0.1) is 0 Å². The number of aromatic nitrogens is 3. The number of benzene rings is 16. The molecule has 3 aromatic heterocycles. The molecule has 0 fully saturated rings. The number of hydrogen-bond acceptors (Lipinski definition) is 2. The molecule has 0 saturated carbocycles. The van der Waals surface area contributed by atoms with E-state index in [1.165, 1.54) is 76.5 Å². The summed E-state index contributed by atoms with van der Waals surface area (Å²) in [6, 6.07) is 139. The van der Waals surface area contributed by atoms with Crippen molar-refractivity contribution in [3.8, 4) is 72.7 Å². The molecule has 0 N–H and O–H groups in total. The monoisotopic (exact) mass is 1350 g/mol. The zero-order chi connectivity index (χ0) is 70.3. The highest BCUT2D eigenvalue weighted by atomic mass is 15.2. The van der Waals surface area contributed by atoms with Gasteiger partial charge < -0.3 is 23.5 Å². The van der Waals surface area contributed by atoms with Gasteiger partial charge in [-0.05, 0) is 198 Å². The molecule has 0 aliphatic carbocycles. The molecule has 0 radical (unpaired) electrons. The Morgan fingerprint density at radius 2 is 0.547 bits per heavy atom. The molecule has 0 atom stereocenters. The van der Waals surface area contributed by atoms with Gasteiger partial charge in [0.05, 0.1) is 44.5 Å². The fourth-order valence-corrected chi connectivity index (χ4v) is 17.6. The first-order valence-electron chi connectivity index (χ1n) is 36.9. The summed E-state index contributed by atoms with van der Waals surface area (Å²) in [5.41, 5.74) is 32.9. The van der Waals surface area contributed by atoms with Crippen LogP contribution in [0, 0.1) is 0 Å². The van der Waals surface area contributed by atoms with Gasteiger partial charge in [-0.3, -0.25) is 0 Å². The van der Waals surface area contributed by atoms with E-state index < -0.39 is 0 Å². The molecule has 0 saturated heterocycles. The summed E-state index contributed by atoms with van der Waals surface area (Å²) in [6.45, 7) is 6.95. The third kappa shape index (κ3) is 9.64. The van der Waals surface area contributed by atoms with E-state index in [1.807, 2.05) is 0 Å². The second kappa shape index (κ2) is 24.1. The minimum absolute atomic E-state index is 0.240. The molecule has 0 amide bonds. The molecule has 106 heavy (non-hydrogen) atoms. The number of nitrogens with zero attached hydrogens (tertiary/aromatic N) is 5. The highest BCUT2D eigenvalue weighted by Gasteiger charge is 2.46. The second-order valence-electron chi connectivity index (χ2n) is 29.6. The summed E-state index contributed by atoms with van der Waals surface area (Å²) in [4.78, 5) is 5.42. The predicted molar refractivity (Wildman–Crippen MR) is 449 cm³/mol. The first-order valence-corrected chi connectivity index (χ1v) is 36.9. The zero-order valence-corrected chi connectivity index (χ0v) is 59.0. The molecule has 2 aliphatic heterocycles. The van der Waals surface area contributed by atoms with Gasteiger partial charge in [-0.1, -0.05) is 276 Å². The quantitative estimate of drug-likeness (QED) is 0.127. The Labute approximate surface area is 616 Å². The average molecular weight is 1350 g/mol. The van der Waals surface area contributed by atoms with E-state index in [1.54, 1.807) is 0 Å². The lowest BCUT2D eigenvalue weighted by atomic mass is 9.33. The van der Waals surface area contributed by atoms with E-state index in [9.17, 15) is 0 Å². The molecular formula is C100H70BN5. The Balaban J connectivity index is 0.945. The first-order chi connectivity index (χ1) is 52.2. The molecule has 16 aromatic carbocycles. The van der Waals surface area contributed by atoms with Gasteiger partial charge in [-0.25, -0.2) is 0 Å². The molecule has 5 heterocycles. The molecule has 21 rings (SSSR count). The summed E-state index contributed by atoms with van der Waals surface area (Å²) >= 11 is 0. The predicted octanol–water partition coefficient (Wildman–Crippen LogP) is 24.7. The van der Waals surface area contributed by atoms with Gasteiger partial charge in [0.15, 0.2) is 0 Å². The average Bonchev–Trinajstić information content (AvgIpc) is 1.01. The van der Waals surface area contributed by atoms with Crippen molar-refractivity contribution in [2.24, 2.45) is 0 Å². The normalized spacial score (nSPS) is 12.6. The standard InChI is InChI=1S/C100H70BN5/c1-100(2,3)75-62-93-97-94(63-75)106(96-61-74(69-37-19-8-20-38-69)58-84-82-56-71(66-31-13-5-14-32-66)49-54-90(82)104(99(84)96)77-41-23-10-24-42-77)92-64-78(102-87-45-27-25-43-79(87)80-44-26-28-46-88(80)102)50-52-86(92)101(97)85-51-47-72(67-33-15-6-16-34-67)59-91(85)105(93)95-60-73(68-35-17-7-18-36-68)57-83-81-55-70(65-29-11-4-12-30-65)48-53-89(81)103(98(83)95)76-39-21-9-22-40-76/h4-64H,1-3H3. The van der Waals surface area contributed by atoms with Crippen LogP contribution in [0.3, 0.4) is 0 Å². The van der Waals surface area contributed by atoms with Crippen molar-refractivity contribution in [2.75, 3.05) is 9.80 Å². The van der Waals surface area contributed by atoms with Gasteiger partial charge >= 0.3 is 0 Å². The topological polar surface area (TPSA) is 21.3 Å². The maximum atomic E-state index is 2.71. The Bertz CT molecular complexity index is 6660. The SMILES string of the molecule is CC(C)(C)c1cc2c3c(c1)N(c1cc(-c4ccccc4)cc4c5cc(-c6ccccc6)ccc5n(-c5ccccc5)c14)c1cc(-n4c5ccccc5c5ccccc54)ccc1B3c1ccc(-c3ccccc3)cc1N2c1cc(-c2ccccc2)cc2c3cc(-c4ccccc4)ccc3n(-c3ccccc3)c12. The Morgan fingerprint density at radius 1 is 0.217 bits per heavy atom. The number of hydrogen-bond donors (Lipinski definition) is 0. The van der Waals surface area contributed by atoms with Crippen molar-refractivity contribution < 1.29 is 0 Å². The van der Waals surface area contributed by atoms with Crippen molar-refractivity contribution in [2.45, 2.75) is 26.2 Å². The van der Waals surface area contributed by atoms with Gasteiger partial charge in [0.2, 0.25) is 0 Å². The maximum absolute atomic E-state index is 2.71. The molecular weight excluding hydrogens is 1280 g/mol. The summed E-state index contributed by atoms with van der Waals surface area (Å²) in [7, 11) is 0. The fourth-order valence-electron chi connectivity index (χ4n) is 17.6. The van der Waals surface area contributed by atoms with Crippen molar-refractivity contribution >= 4 is 123 Å². The lowest BCUT2D eigenvalue weighted by Crippen LogP contribution is -2.61. The minimum atomic E-state index is -0.350. The molecule has 5 nitrogen and oxygen atoms in total. The highest BCUT2D eigenvalue weighted by Crippen LogP contribution is 2.54. The molecule has 498 valence electrons. The fraction of sp³-hybridized carbons (Fsp3) is 0.0400. The van der Waals surface area contributed by atoms with Crippen molar-refractivity contribution in [1.29, 1.82) is 0 Å². The van der Waals surface area contributed by atoms with E-state index in [0.29, 0.717) is 0 Å². The number of para-hydroxylation sites is 4. The van der Waals surface area contributed by atoms with Crippen LogP contribution < -0.4 is 26.2 Å². The van der Waals surface area contributed by atoms with Crippen LogP contribution in [0.4, 0.5) is 34.1 Å². The Kier molecular flexibility index (Phi) is 13.9. The van der Waals surface area contributed by atoms with E-state index >= 15 is 0 Å². The van der Waals surface area contributed by atoms with E-state index in [-0.39, 0.29) is 12.1 Å². The van der Waals surface area contributed by atoms with Crippen LogP contribution in [0.25, 0.3) is 138 Å². The van der Waals surface area contributed by atoms with E-state index in [4.69, 9.17) is 0 Å². The van der Waals surface area contributed by atoms with Crippen LogP contribution in [0.5, 0.6) is 0 Å². The second-order valence-corrected chi connectivity index (χ2v) is 29.6. The van der Waals surface area contributed by atoms with Crippen molar-refractivity contribution in [1.82, 2.24) is 13.7 Å². The lowest BCUT2D eigenvalue weighted by molar-refractivity contribution is 0.590. The number of rotatable bonds is 10. The number of anilines is 6.